The lowest BCUT2D eigenvalue weighted by Gasteiger charge is -2.43. The van der Waals surface area contributed by atoms with E-state index in [9.17, 15) is 0 Å². The monoisotopic (exact) mass is 284 g/mol. The number of hydrogen-bond acceptors (Lipinski definition) is 3. The van der Waals surface area contributed by atoms with Crippen LogP contribution in [0.3, 0.4) is 0 Å². The molecule has 1 aliphatic rings. The van der Waals surface area contributed by atoms with Gasteiger partial charge >= 0.3 is 0 Å². The van der Waals surface area contributed by atoms with Crippen LogP contribution in [0.1, 0.15) is 61.3 Å². The van der Waals surface area contributed by atoms with E-state index in [2.05, 4.69) is 58.7 Å². The number of morpholine rings is 1. The molecule has 0 radical (unpaired) electrons. The van der Waals surface area contributed by atoms with Crippen LogP contribution in [-0.4, -0.2) is 48.8 Å². The van der Waals surface area contributed by atoms with Crippen LogP contribution in [0.5, 0.6) is 0 Å². The van der Waals surface area contributed by atoms with E-state index in [4.69, 9.17) is 4.74 Å². The maximum absolute atomic E-state index is 5.99. The lowest BCUT2D eigenvalue weighted by molar-refractivity contribution is -0.129. The van der Waals surface area contributed by atoms with E-state index in [0.717, 1.165) is 26.2 Å². The Morgan fingerprint density at radius 2 is 2.00 bits per heavy atom. The Bertz CT molecular complexity index is 283. The normalized spacial score (nSPS) is 25.6. The number of nitrogens with zero attached hydrogens (tertiary/aromatic N) is 1. The molecule has 3 nitrogen and oxygen atoms in total. The van der Waals surface area contributed by atoms with Crippen molar-refractivity contribution in [3.63, 3.8) is 0 Å². The van der Waals surface area contributed by atoms with Gasteiger partial charge in [-0.25, -0.2) is 0 Å². The Morgan fingerprint density at radius 3 is 2.50 bits per heavy atom. The second kappa shape index (κ2) is 7.24. The van der Waals surface area contributed by atoms with Gasteiger partial charge in [0.1, 0.15) is 0 Å². The maximum Gasteiger partial charge on any atom is 0.0757 e. The van der Waals surface area contributed by atoms with Crippen LogP contribution in [0, 0.1) is 5.41 Å². The van der Waals surface area contributed by atoms with Gasteiger partial charge in [0.25, 0.3) is 0 Å². The highest BCUT2D eigenvalue weighted by Crippen LogP contribution is 2.24. The summed E-state index contributed by atoms with van der Waals surface area (Å²) in [6.45, 7) is 20.2. The average molecular weight is 284 g/mol. The van der Waals surface area contributed by atoms with Crippen molar-refractivity contribution < 1.29 is 4.74 Å². The molecule has 1 aliphatic heterocycles. The van der Waals surface area contributed by atoms with Crippen LogP contribution in [0.25, 0.3) is 0 Å². The fourth-order valence-electron chi connectivity index (χ4n) is 3.23. The largest absolute Gasteiger partial charge is 0.370 e. The van der Waals surface area contributed by atoms with E-state index in [-0.39, 0.29) is 5.60 Å². The number of ether oxygens (including phenoxy) is 1. The molecular formula is C17H36N2O. The van der Waals surface area contributed by atoms with Gasteiger partial charge in [-0.2, -0.15) is 0 Å². The van der Waals surface area contributed by atoms with Crippen LogP contribution in [-0.2, 0) is 4.74 Å². The summed E-state index contributed by atoms with van der Waals surface area (Å²) in [5.41, 5.74) is 0.314. The van der Waals surface area contributed by atoms with Crippen molar-refractivity contribution in [1.82, 2.24) is 10.2 Å². The van der Waals surface area contributed by atoms with E-state index in [0.29, 0.717) is 17.6 Å². The van der Waals surface area contributed by atoms with Crippen molar-refractivity contribution in [2.24, 2.45) is 5.41 Å². The first-order valence-electron chi connectivity index (χ1n) is 8.27. The van der Waals surface area contributed by atoms with Gasteiger partial charge in [0.2, 0.25) is 0 Å². The summed E-state index contributed by atoms with van der Waals surface area (Å²) in [6.07, 6.45) is 2.76. The van der Waals surface area contributed by atoms with Crippen molar-refractivity contribution in [3.05, 3.63) is 0 Å². The van der Waals surface area contributed by atoms with Crippen molar-refractivity contribution in [2.45, 2.75) is 79.1 Å². The smallest absolute Gasteiger partial charge is 0.0757 e. The number of nitrogens with one attached hydrogen (secondary N) is 1. The molecule has 1 heterocycles. The van der Waals surface area contributed by atoms with Crippen molar-refractivity contribution in [3.8, 4) is 0 Å². The quantitative estimate of drug-likeness (QED) is 0.810. The van der Waals surface area contributed by atoms with Crippen LogP contribution in [0.2, 0.25) is 0 Å². The minimum absolute atomic E-state index is 0.00819. The zero-order valence-corrected chi connectivity index (χ0v) is 14.8. The lowest BCUT2D eigenvalue weighted by atomic mass is 9.84. The third-order valence-corrected chi connectivity index (χ3v) is 4.06. The molecule has 0 aromatic carbocycles. The standard InChI is InChI=1S/C17H36N2O/c1-8-10-18-15(16(3,4)5)9-11-19-12-14(2)20-17(6,7)13-19/h14-15,18H,8-13H2,1-7H3. The predicted octanol–water partition coefficient (Wildman–Crippen LogP) is 3.29. The maximum atomic E-state index is 5.99. The number of hydrogen-bond donors (Lipinski definition) is 1. The van der Waals surface area contributed by atoms with Crippen molar-refractivity contribution in [2.75, 3.05) is 26.2 Å². The summed E-state index contributed by atoms with van der Waals surface area (Å²) in [5.74, 6) is 0. The molecule has 1 saturated heterocycles. The molecule has 3 heteroatoms. The van der Waals surface area contributed by atoms with Crippen molar-refractivity contribution >= 4 is 0 Å². The highest BCUT2D eigenvalue weighted by molar-refractivity contribution is 4.86. The number of rotatable bonds is 6. The van der Waals surface area contributed by atoms with Gasteiger partial charge in [-0.05, 0) is 52.1 Å². The summed E-state index contributed by atoms with van der Waals surface area (Å²) in [7, 11) is 0. The van der Waals surface area contributed by atoms with E-state index in [1.54, 1.807) is 0 Å². The molecule has 0 saturated carbocycles. The molecule has 0 aliphatic carbocycles. The topological polar surface area (TPSA) is 24.5 Å². The Labute approximate surface area is 126 Å². The van der Waals surface area contributed by atoms with E-state index in [1.807, 2.05) is 0 Å². The minimum atomic E-state index is -0.00819. The molecule has 120 valence electrons. The second-order valence-electron chi connectivity index (χ2n) is 8.08. The van der Waals surface area contributed by atoms with Gasteiger partial charge in [-0.3, -0.25) is 4.90 Å². The SMILES string of the molecule is CCCNC(CCN1CC(C)OC(C)(C)C1)C(C)(C)C. The van der Waals surface area contributed by atoms with Gasteiger partial charge in [-0.1, -0.05) is 27.7 Å². The molecule has 1 fully saturated rings. The zero-order valence-electron chi connectivity index (χ0n) is 14.8. The first-order valence-corrected chi connectivity index (χ1v) is 8.27. The molecule has 0 bridgehead atoms. The Kier molecular flexibility index (Phi) is 6.49. The highest BCUT2D eigenvalue weighted by Gasteiger charge is 2.32. The third-order valence-electron chi connectivity index (χ3n) is 4.06. The fourth-order valence-corrected chi connectivity index (χ4v) is 3.23. The minimum Gasteiger partial charge on any atom is -0.370 e. The third kappa shape index (κ3) is 6.11. The molecule has 0 aromatic rings. The first kappa shape index (κ1) is 17.9. The van der Waals surface area contributed by atoms with Gasteiger partial charge in [-0.15, -0.1) is 0 Å². The van der Waals surface area contributed by atoms with Gasteiger partial charge in [0.05, 0.1) is 11.7 Å². The molecule has 1 rings (SSSR count). The fraction of sp³-hybridized carbons (Fsp3) is 1.00. The Morgan fingerprint density at radius 1 is 1.35 bits per heavy atom. The summed E-state index contributed by atoms with van der Waals surface area (Å²) in [6, 6.07) is 0.587. The lowest BCUT2D eigenvalue weighted by Crippen LogP contribution is -2.53. The van der Waals surface area contributed by atoms with Crippen LogP contribution in [0.15, 0.2) is 0 Å². The van der Waals surface area contributed by atoms with Crippen LogP contribution < -0.4 is 5.32 Å². The first-order chi connectivity index (χ1) is 9.14. The van der Waals surface area contributed by atoms with E-state index < -0.39 is 0 Å². The molecule has 2 unspecified atom stereocenters. The van der Waals surface area contributed by atoms with Gasteiger partial charge < -0.3 is 10.1 Å². The molecule has 20 heavy (non-hydrogen) atoms. The Balaban J connectivity index is 2.50. The van der Waals surface area contributed by atoms with Gasteiger partial charge in [0, 0.05) is 19.1 Å². The highest BCUT2D eigenvalue weighted by atomic mass is 16.5. The van der Waals surface area contributed by atoms with E-state index in [1.165, 1.54) is 12.8 Å². The van der Waals surface area contributed by atoms with E-state index >= 15 is 0 Å². The molecule has 0 spiro atoms. The van der Waals surface area contributed by atoms with Gasteiger partial charge in [0.15, 0.2) is 0 Å². The van der Waals surface area contributed by atoms with Crippen LogP contribution in [0.4, 0.5) is 0 Å². The summed E-state index contributed by atoms with van der Waals surface area (Å²) >= 11 is 0. The van der Waals surface area contributed by atoms with Crippen LogP contribution >= 0.6 is 0 Å². The molecule has 2 atom stereocenters. The zero-order chi connectivity index (χ0) is 15.4. The summed E-state index contributed by atoms with van der Waals surface area (Å²) in [5, 5.41) is 3.72. The molecule has 0 amide bonds. The second-order valence-corrected chi connectivity index (χ2v) is 8.08. The molecule has 0 aromatic heterocycles. The summed E-state index contributed by atoms with van der Waals surface area (Å²) < 4.78 is 5.99. The Hall–Kier alpha value is -0.120. The predicted molar refractivity (Wildman–Crippen MR) is 87.2 cm³/mol. The summed E-state index contributed by atoms with van der Waals surface area (Å²) in [4.78, 5) is 2.57. The molecule has 1 N–H and O–H groups in total. The average Bonchev–Trinajstić information content (AvgIpc) is 2.24. The van der Waals surface area contributed by atoms with Crippen molar-refractivity contribution in [1.29, 1.82) is 0 Å². The molecular weight excluding hydrogens is 248 g/mol.